The molecule has 8 nitrogen and oxygen atoms in total. The van der Waals surface area contributed by atoms with Gasteiger partial charge in [-0.15, -0.1) is 0 Å². The van der Waals surface area contributed by atoms with Crippen LogP contribution in [0.25, 0.3) is 10.9 Å². The van der Waals surface area contributed by atoms with Crippen molar-refractivity contribution in [2.45, 2.75) is 18.8 Å². The van der Waals surface area contributed by atoms with Crippen LogP contribution in [0.3, 0.4) is 0 Å². The molecule has 2 N–H and O–H groups in total. The Kier molecular flexibility index (Phi) is 6.89. The van der Waals surface area contributed by atoms with Gasteiger partial charge in [0, 0.05) is 42.4 Å². The van der Waals surface area contributed by atoms with Crippen LogP contribution in [0.4, 0.5) is 5.69 Å². The summed E-state index contributed by atoms with van der Waals surface area (Å²) in [6.45, 7) is 0.328. The zero-order chi connectivity index (χ0) is 25.8. The first-order valence-corrected chi connectivity index (χ1v) is 12.1. The van der Waals surface area contributed by atoms with Gasteiger partial charge in [-0.05, 0) is 41.5 Å². The number of hydrogen-bond donors (Lipinski definition) is 2. The van der Waals surface area contributed by atoms with Gasteiger partial charge in [-0.2, -0.15) is 5.10 Å². The fraction of sp³-hybridized carbons (Fsp3) is 0.207. The molecular formula is C29H28N4O4. The molecule has 3 aromatic carbocycles. The minimum atomic E-state index is -0.293. The lowest BCUT2D eigenvalue weighted by atomic mass is 9.90. The largest absolute Gasteiger partial charge is 0.493 e. The van der Waals surface area contributed by atoms with Gasteiger partial charge in [0.1, 0.15) is 5.71 Å². The number of carbonyl (C=O) groups is 2. The van der Waals surface area contributed by atoms with Crippen LogP contribution < -0.4 is 19.8 Å². The molecule has 1 aliphatic heterocycles. The molecule has 2 heterocycles. The van der Waals surface area contributed by atoms with Crippen LogP contribution >= 0.6 is 0 Å². The molecule has 5 rings (SSSR count). The Hall–Kier alpha value is -4.59. The highest BCUT2D eigenvalue weighted by Crippen LogP contribution is 2.35. The van der Waals surface area contributed by atoms with E-state index < -0.39 is 0 Å². The third-order valence-corrected chi connectivity index (χ3v) is 6.57. The van der Waals surface area contributed by atoms with Crippen molar-refractivity contribution >= 4 is 34.1 Å². The van der Waals surface area contributed by atoms with Crippen LogP contribution in [0.5, 0.6) is 11.5 Å². The topological polar surface area (TPSA) is 96.0 Å². The lowest BCUT2D eigenvalue weighted by Crippen LogP contribution is -2.40. The second-order valence-corrected chi connectivity index (χ2v) is 8.75. The Bertz CT molecular complexity index is 1460. The highest BCUT2D eigenvalue weighted by atomic mass is 16.5. The van der Waals surface area contributed by atoms with E-state index in [4.69, 9.17) is 9.47 Å². The highest BCUT2D eigenvalue weighted by Gasteiger charge is 2.27. The number of amides is 2. The summed E-state index contributed by atoms with van der Waals surface area (Å²) in [6.07, 6.45) is 2.50. The maximum Gasteiger partial charge on any atom is 0.267 e. The lowest BCUT2D eigenvalue weighted by molar-refractivity contribution is -0.118. The molecule has 2 amide bonds. The van der Waals surface area contributed by atoms with E-state index in [1.165, 1.54) is 5.01 Å². The van der Waals surface area contributed by atoms with E-state index in [1.54, 1.807) is 26.4 Å². The van der Waals surface area contributed by atoms with E-state index in [2.05, 4.69) is 21.5 Å². The zero-order valence-electron chi connectivity index (χ0n) is 20.7. The van der Waals surface area contributed by atoms with Crippen LogP contribution in [-0.2, 0) is 9.59 Å². The van der Waals surface area contributed by atoms with Gasteiger partial charge in [-0.25, -0.2) is 5.01 Å². The number of fused-ring (bicyclic) bond motifs is 1. The zero-order valence-corrected chi connectivity index (χ0v) is 20.7. The Morgan fingerprint density at radius 3 is 2.54 bits per heavy atom. The summed E-state index contributed by atoms with van der Waals surface area (Å²) in [7, 11) is 3.20. The highest BCUT2D eigenvalue weighted by molar-refractivity contribution is 6.40. The Morgan fingerprint density at radius 2 is 1.76 bits per heavy atom. The predicted molar refractivity (Wildman–Crippen MR) is 143 cm³/mol. The number of nitrogens with zero attached hydrogens (tertiary/aromatic N) is 2. The molecule has 1 aliphatic rings. The number of benzene rings is 3. The van der Waals surface area contributed by atoms with Crippen LogP contribution in [0.15, 0.2) is 84.1 Å². The van der Waals surface area contributed by atoms with E-state index in [-0.39, 0.29) is 24.2 Å². The van der Waals surface area contributed by atoms with Gasteiger partial charge in [0.05, 0.1) is 19.9 Å². The molecule has 0 aliphatic carbocycles. The van der Waals surface area contributed by atoms with E-state index >= 15 is 0 Å². The fourth-order valence-electron chi connectivity index (χ4n) is 4.64. The number of carbonyl (C=O) groups excluding carboxylic acids is 2. The number of para-hydroxylation sites is 2. The summed E-state index contributed by atoms with van der Waals surface area (Å²) in [6, 6.07) is 23.0. The minimum Gasteiger partial charge on any atom is -0.493 e. The number of anilines is 1. The molecule has 4 aromatic rings. The maximum absolute atomic E-state index is 13.2. The quantitative estimate of drug-likeness (QED) is 0.372. The number of aromatic nitrogens is 1. The molecule has 0 spiro atoms. The first-order chi connectivity index (χ1) is 18.1. The van der Waals surface area contributed by atoms with E-state index in [0.29, 0.717) is 35.9 Å². The van der Waals surface area contributed by atoms with Crippen molar-refractivity contribution in [3.05, 3.63) is 90.1 Å². The molecular weight excluding hydrogens is 468 g/mol. The van der Waals surface area contributed by atoms with Crippen molar-refractivity contribution < 1.29 is 19.1 Å². The summed E-state index contributed by atoms with van der Waals surface area (Å²) in [5.41, 5.74) is 4.00. The summed E-state index contributed by atoms with van der Waals surface area (Å²) < 4.78 is 11.0. The van der Waals surface area contributed by atoms with E-state index in [9.17, 15) is 9.59 Å². The Balaban J connectivity index is 1.44. The number of aromatic amines is 1. The molecule has 8 heteroatoms. The van der Waals surface area contributed by atoms with Gasteiger partial charge in [0.15, 0.2) is 11.5 Å². The number of rotatable bonds is 8. The second kappa shape index (κ2) is 10.6. The smallest absolute Gasteiger partial charge is 0.267 e. The number of hydrazone groups is 1. The third kappa shape index (κ3) is 4.91. The van der Waals surface area contributed by atoms with Crippen LogP contribution in [0.2, 0.25) is 0 Å². The van der Waals surface area contributed by atoms with Gasteiger partial charge in [-0.3, -0.25) is 9.59 Å². The van der Waals surface area contributed by atoms with Crippen molar-refractivity contribution in [2.75, 3.05) is 25.8 Å². The number of ether oxygens (including phenoxy) is 2. The SMILES string of the molecule is COc1ccc(C(CNC(=O)C2=NN(c3ccccc3)C(=O)CC2)c2c[nH]c3ccccc23)cc1OC. The number of nitrogens with one attached hydrogen (secondary N) is 2. The van der Waals surface area contributed by atoms with Crippen molar-refractivity contribution in [1.82, 2.24) is 10.3 Å². The second-order valence-electron chi connectivity index (χ2n) is 8.75. The summed E-state index contributed by atoms with van der Waals surface area (Å²) in [5.74, 6) is 0.652. The van der Waals surface area contributed by atoms with Crippen molar-refractivity contribution in [1.29, 1.82) is 0 Å². The average Bonchev–Trinajstić information content (AvgIpc) is 3.37. The average molecular weight is 497 g/mol. The van der Waals surface area contributed by atoms with Gasteiger partial charge in [-0.1, -0.05) is 42.5 Å². The molecule has 0 bridgehead atoms. The van der Waals surface area contributed by atoms with Gasteiger partial charge >= 0.3 is 0 Å². The predicted octanol–water partition coefficient (Wildman–Crippen LogP) is 4.62. The van der Waals surface area contributed by atoms with Gasteiger partial charge < -0.3 is 19.8 Å². The van der Waals surface area contributed by atoms with Crippen molar-refractivity contribution in [3.8, 4) is 11.5 Å². The third-order valence-electron chi connectivity index (χ3n) is 6.57. The molecule has 1 unspecified atom stereocenters. The number of methoxy groups -OCH3 is 2. The normalized spacial score (nSPS) is 14.3. The molecule has 1 atom stereocenters. The number of hydrogen-bond acceptors (Lipinski definition) is 5. The standard InChI is InChI=1S/C29H28N4O4/c1-36-26-14-12-19(16-27(26)37-2)22(23-18-30-24-11-7-6-10-21(23)24)17-31-29(35)25-13-15-28(34)33(32-25)20-8-4-3-5-9-20/h3-12,14,16,18,22,30H,13,15,17H2,1-2H3,(H,31,35). The molecule has 188 valence electrons. The van der Waals surface area contributed by atoms with Gasteiger partial charge in [0.25, 0.3) is 5.91 Å². The number of H-pyrrole nitrogens is 1. The summed E-state index contributed by atoms with van der Waals surface area (Å²) in [5, 5.41) is 9.84. The summed E-state index contributed by atoms with van der Waals surface area (Å²) in [4.78, 5) is 29.0. The fourth-order valence-corrected chi connectivity index (χ4v) is 4.64. The first-order valence-electron chi connectivity index (χ1n) is 12.1. The van der Waals surface area contributed by atoms with Crippen LogP contribution in [0, 0.1) is 0 Å². The van der Waals surface area contributed by atoms with Gasteiger partial charge in [0.2, 0.25) is 5.91 Å². The maximum atomic E-state index is 13.2. The molecule has 0 saturated carbocycles. The van der Waals surface area contributed by atoms with Crippen molar-refractivity contribution in [2.24, 2.45) is 5.10 Å². The lowest BCUT2D eigenvalue weighted by Gasteiger charge is -2.24. The molecule has 0 saturated heterocycles. The Morgan fingerprint density at radius 1 is 1.00 bits per heavy atom. The first kappa shape index (κ1) is 24.1. The van der Waals surface area contributed by atoms with Crippen LogP contribution in [0.1, 0.15) is 29.9 Å². The van der Waals surface area contributed by atoms with E-state index in [0.717, 1.165) is 22.0 Å². The molecule has 1 aromatic heterocycles. The molecule has 0 fully saturated rings. The minimum absolute atomic E-state index is 0.134. The molecule has 37 heavy (non-hydrogen) atoms. The Labute approximate surface area is 214 Å². The van der Waals surface area contributed by atoms with Crippen LogP contribution in [-0.4, -0.2) is 43.3 Å². The van der Waals surface area contributed by atoms with E-state index in [1.807, 2.05) is 60.8 Å². The van der Waals surface area contributed by atoms with Crippen molar-refractivity contribution in [3.63, 3.8) is 0 Å². The molecule has 0 radical (unpaired) electrons. The summed E-state index contributed by atoms with van der Waals surface area (Å²) >= 11 is 0. The monoisotopic (exact) mass is 496 g/mol.